The zero-order valence-corrected chi connectivity index (χ0v) is 20.4. The number of aliphatic imine (C=N–C) groups is 1. The molecule has 3 unspecified atom stereocenters. The molecule has 30 heavy (non-hydrogen) atoms. The van der Waals surface area contributed by atoms with E-state index in [1.54, 1.807) is 0 Å². The molecular weight excluding hydrogens is 491 g/mol. The minimum Gasteiger partial charge on any atom is -0.493 e. The lowest BCUT2D eigenvalue weighted by molar-refractivity contribution is 0.260. The van der Waals surface area contributed by atoms with Gasteiger partial charge in [0.25, 0.3) is 0 Å². The maximum atomic E-state index is 5.83. The summed E-state index contributed by atoms with van der Waals surface area (Å²) in [5.41, 5.74) is 1.19. The molecule has 7 nitrogen and oxygen atoms in total. The Hall–Kier alpha value is -1.84. The molecule has 1 aliphatic heterocycles. The van der Waals surface area contributed by atoms with Crippen LogP contribution in [0.25, 0.3) is 0 Å². The lowest BCUT2D eigenvalue weighted by Gasteiger charge is -2.32. The molecule has 0 radical (unpaired) electrons. The molecule has 1 fully saturated rings. The average Bonchev–Trinajstić information content (AvgIpc) is 3.04. The van der Waals surface area contributed by atoms with Crippen molar-refractivity contribution in [3.05, 3.63) is 41.5 Å². The third kappa shape index (κ3) is 5.44. The van der Waals surface area contributed by atoms with Crippen molar-refractivity contribution in [1.82, 2.24) is 25.4 Å². The van der Waals surface area contributed by atoms with Gasteiger partial charge in [0, 0.05) is 25.1 Å². The van der Waals surface area contributed by atoms with E-state index < -0.39 is 0 Å². The second kappa shape index (κ2) is 10.5. The summed E-state index contributed by atoms with van der Waals surface area (Å²) in [6.07, 6.45) is 5.90. The number of aryl methyl sites for hydroxylation is 1. The Morgan fingerprint density at radius 1 is 1.20 bits per heavy atom. The third-order valence-corrected chi connectivity index (χ3v) is 6.11. The van der Waals surface area contributed by atoms with Crippen molar-refractivity contribution in [1.29, 1.82) is 0 Å². The minimum atomic E-state index is 0. The molecule has 1 aromatic carbocycles. The van der Waals surface area contributed by atoms with Crippen LogP contribution in [0.2, 0.25) is 0 Å². The van der Waals surface area contributed by atoms with Crippen LogP contribution in [0.5, 0.6) is 5.75 Å². The van der Waals surface area contributed by atoms with Gasteiger partial charge in [0.05, 0.1) is 12.6 Å². The summed E-state index contributed by atoms with van der Waals surface area (Å²) < 4.78 is 7.82. The summed E-state index contributed by atoms with van der Waals surface area (Å²) in [7, 11) is 1.98. The van der Waals surface area contributed by atoms with E-state index in [0.29, 0.717) is 19.2 Å². The van der Waals surface area contributed by atoms with Crippen LogP contribution in [0.3, 0.4) is 0 Å². The van der Waals surface area contributed by atoms with Crippen molar-refractivity contribution < 1.29 is 4.74 Å². The highest BCUT2D eigenvalue weighted by Crippen LogP contribution is 2.31. The van der Waals surface area contributed by atoms with Crippen LogP contribution in [0.4, 0.5) is 0 Å². The van der Waals surface area contributed by atoms with Gasteiger partial charge < -0.3 is 19.9 Å². The highest BCUT2D eigenvalue weighted by molar-refractivity contribution is 14.0. The fraction of sp³-hybridized carbons (Fsp3) is 0.591. The SMILES string of the molecule is Cc1nnc(CN=C(NC2CCCC(C)C2)NC2CCOc3ccccc32)n1C.I. The molecule has 164 valence electrons. The maximum absolute atomic E-state index is 5.83. The van der Waals surface area contributed by atoms with Gasteiger partial charge in [-0.1, -0.05) is 38.0 Å². The molecular formula is C22H33IN6O. The van der Waals surface area contributed by atoms with Crippen LogP contribution in [0.15, 0.2) is 29.3 Å². The van der Waals surface area contributed by atoms with Crippen molar-refractivity contribution in [2.24, 2.45) is 18.0 Å². The summed E-state index contributed by atoms with van der Waals surface area (Å²) in [6, 6.07) is 8.91. The first kappa shape index (κ1) is 22.8. The van der Waals surface area contributed by atoms with E-state index in [1.807, 2.05) is 30.7 Å². The number of nitrogens with one attached hydrogen (secondary N) is 2. The number of hydrogen-bond donors (Lipinski definition) is 2. The Bertz CT molecular complexity index is 867. The summed E-state index contributed by atoms with van der Waals surface area (Å²) in [5.74, 6) is 4.34. The highest BCUT2D eigenvalue weighted by atomic mass is 127. The van der Waals surface area contributed by atoms with Gasteiger partial charge in [0.15, 0.2) is 11.8 Å². The number of hydrogen-bond acceptors (Lipinski definition) is 4. The largest absolute Gasteiger partial charge is 0.493 e. The van der Waals surface area contributed by atoms with E-state index in [4.69, 9.17) is 9.73 Å². The summed E-state index contributed by atoms with van der Waals surface area (Å²) >= 11 is 0. The van der Waals surface area contributed by atoms with Gasteiger partial charge in [-0.15, -0.1) is 34.2 Å². The van der Waals surface area contributed by atoms with Crippen LogP contribution in [0, 0.1) is 12.8 Å². The summed E-state index contributed by atoms with van der Waals surface area (Å²) in [5, 5.41) is 15.8. The number of guanidine groups is 1. The van der Waals surface area contributed by atoms with Gasteiger partial charge in [0.2, 0.25) is 0 Å². The van der Waals surface area contributed by atoms with Gasteiger partial charge in [-0.05, 0) is 31.7 Å². The van der Waals surface area contributed by atoms with Gasteiger partial charge in [-0.25, -0.2) is 4.99 Å². The minimum absolute atomic E-state index is 0. The second-order valence-corrected chi connectivity index (χ2v) is 8.37. The number of rotatable bonds is 4. The Balaban J connectivity index is 0.00000256. The van der Waals surface area contributed by atoms with Crippen molar-refractivity contribution >= 4 is 29.9 Å². The zero-order valence-electron chi connectivity index (χ0n) is 18.1. The fourth-order valence-electron chi connectivity index (χ4n) is 4.29. The monoisotopic (exact) mass is 524 g/mol. The number of ether oxygens (including phenoxy) is 1. The molecule has 2 aromatic rings. The van der Waals surface area contributed by atoms with Crippen molar-refractivity contribution in [2.75, 3.05) is 6.61 Å². The molecule has 2 aliphatic rings. The highest BCUT2D eigenvalue weighted by Gasteiger charge is 2.24. The van der Waals surface area contributed by atoms with Crippen molar-refractivity contribution in [3.63, 3.8) is 0 Å². The first-order valence-corrected chi connectivity index (χ1v) is 10.7. The molecule has 8 heteroatoms. The Labute approximate surface area is 196 Å². The number of para-hydroxylation sites is 1. The predicted octanol–water partition coefficient (Wildman–Crippen LogP) is 3.88. The Morgan fingerprint density at radius 3 is 2.80 bits per heavy atom. The molecule has 1 aromatic heterocycles. The molecule has 4 rings (SSSR count). The van der Waals surface area contributed by atoms with E-state index in [0.717, 1.165) is 35.7 Å². The average molecular weight is 524 g/mol. The zero-order chi connectivity index (χ0) is 20.2. The first-order valence-electron chi connectivity index (χ1n) is 10.7. The van der Waals surface area contributed by atoms with E-state index in [2.05, 4.69) is 39.9 Å². The van der Waals surface area contributed by atoms with E-state index >= 15 is 0 Å². The molecule has 2 N–H and O–H groups in total. The molecule has 0 amide bonds. The molecule has 1 saturated carbocycles. The first-order chi connectivity index (χ1) is 14.1. The number of benzene rings is 1. The Morgan fingerprint density at radius 2 is 2.03 bits per heavy atom. The number of aromatic nitrogens is 3. The standard InChI is InChI=1S/C22H32N6O.HI/c1-15-7-6-8-17(13-15)24-22(23-14-21-27-26-16(2)28(21)3)25-19-11-12-29-20-10-5-4-9-18(19)20;/h4-5,9-10,15,17,19H,6-8,11-14H2,1-3H3,(H2,23,24,25);1H. The lowest BCUT2D eigenvalue weighted by atomic mass is 9.87. The van der Waals surface area contributed by atoms with Gasteiger partial charge in [-0.2, -0.15) is 0 Å². The third-order valence-electron chi connectivity index (χ3n) is 6.11. The second-order valence-electron chi connectivity index (χ2n) is 8.37. The number of fused-ring (bicyclic) bond motifs is 1. The quantitative estimate of drug-likeness (QED) is 0.361. The predicted molar refractivity (Wildman–Crippen MR) is 129 cm³/mol. The summed E-state index contributed by atoms with van der Waals surface area (Å²) in [4.78, 5) is 4.88. The van der Waals surface area contributed by atoms with Crippen LogP contribution in [-0.4, -0.2) is 33.4 Å². The van der Waals surface area contributed by atoms with Crippen LogP contribution < -0.4 is 15.4 Å². The molecule has 0 saturated heterocycles. The van der Waals surface area contributed by atoms with E-state index in [9.17, 15) is 0 Å². The Kier molecular flexibility index (Phi) is 7.96. The van der Waals surface area contributed by atoms with Gasteiger partial charge in [0.1, 0.15) is 18.1 Å². The molecule has 2 heterocycles. The fourth-order valence-corrected chi connectivity index (χ4v) is 4.29. The normalized spacial score (nSPS) is 23.7. The van der Waals surface area contributed by atoms with Crippen molar-refractivity contribution in [3.8, 4) is 5.75 Å². The molecule has 0 spiro atoms. The van der Waals surface area contributed by atoms with E-state index in [1.165, 1.54) is 31.2 Å². The maximum Gasteiger partial charge on any atom is 0.192 e. The lowest BCUT2D eigenvalue weighted by Crippen LogP contribution is -2.47. The van der Waals surface area contributed by atoms with Gasteiger partial charge >= 0.3 is 0 Å². The van der Waals surface area contributed by atoms with Crippen molar-refractivity contribution in [2.45, 2.75) is 64.6 Å². The molecule has 0 bridgehead atoms. The number of nitrogens with zero attached hydrogens (tertiary/aromatic N) is 4. The van der Waals surface area contributed by atoms with Crippen LogP contribution in [0.1, 0.15) is 62.3 Å². The van der Waals surface area contributed by atoms with Gasteiger partial charge in [-0.3, -0.25) is 0 Å². The molecule has 1 aliphatic carbocycles. The summed E-state index contributed by atoms with van der Waals surface area (Å²) in [6.45, 7) is 5.51. The van der Waals surface area contributed by atoms with Crippen LogP contribution in [-0.2, 0) is 13.6 Å². The van der Waals surface area contributed by atoms with E-state index in [-0.39, 0.29) is 30.0 Å². The molecule has 3 atom stereocenters. The topological polar surface area (TPSA) is 76.4 Å². The number of halogens is 1. The van der Waals surface area contributed by atoms with Crippen LogP contribution >= 0.6 is 24.0 Å². The smallest absolute Gasteiger partial charge is 0.192 e.